The molecule has 0 unspecified atom stereocenters. The quantitative estimate of drug-likeness (QED) is 0.452. The van der Waals surface area contributed by atoms with Crippen molar-refractivity contribution in [3.8, 4) is 29.6 Å². The average molecular weight is 379 g/mol. The number of carbonyl (C=O) groups excluding carboxylic acids is 1. The van der Waals surface area contributed by atoms with E-state index in [9.17, 15) is 4.79 Å². The molecule has 6 heteroatoms. The molecule has 0 aliphatic carbocycles. The van der Waals surface area contributed by atoms with E-state index in [4.69, 9.17) is 32.9 Å². The zero-order valence-electron chi connectivity index (χ0n) is 14.7. The highest BCUT2D eigenvalue weighted by Crippen LogP contribution is 2.32. The molecule has 0 spiro atoms. The lowest BCUT2D eigenvalue weighted by molar-refractivity contribution is -0.113. The lowest BCUT2D eigenvalue weighted by Gasteiger charge is -2.29. The molecule has 1 amide bonds. The molecular weight excluding hydrogens is 362 g/mol. The van der Waals surface area contributed by atoms with Crippen LogP contribution in [0.15, 0.2) is 48.5 Å². The first-order valence-corrected chi connectivity index (χ1v) is 8.56. The monoisotopic (exact) mass is 379 g/mol. The number of rotatable bonds is 5. The fraction of sp³-hybridized carbons (Fsp3) is 0.143. The molecule has 0 aromatic heterocycles. The Balaban J connectivity index is 1.81. The van der Waals surface area contributed by atoms with Crippen LogP contribution in [0.25, 0.3) is 6.08 Å². The van der Waals surface area contributed by atoms with Crippen molar-refractivity contribution >= 4 is 34.9 Å². The van der Waals surface area contributed by atoms with Crippen molar-refractivity contribution in [1.82, 2.24) is 0 Å². The summed E-state index contributed by atoms with van der Waals surface area (Å²) >= 11 is 5.30. The van der Waals surface area contributed by atoms with Crippen LogP contribution in [0.4, 0.5) is 5.69 Å². The summed E-state index contributed by atoms with van der Waals surface area (Å²) in [4.78, 5) is 14.6. The maximum atomic E-state index is 12.7. The number of methoxy groups -OCH3 is 1. The van der Waals surface area contributed by atoms with Gasteiger partial charge < -0.3 is 14.2 Å². The van der Waals surface area contributed by atoms with Gasteiger partial charge in [-0.2, -0.15) is 0 Å². The Morgan fingerprint density at radius 2 is 2.15 bits per heavy atom. The molecule has 0 atom stereocenters. The number of benzene rings is 2. The molecule has 0 saturated carbocycles. The summed E-state index contributed by atoms with van der Waals surface area (Å²) in [6, 6.07) is 12.6. The van der Waals surface area contributed by atoms with E-state index in [1.54, 1.807) is 37.5 Å². The third-order valence-corrected chi connectivity index (χ3v) is 4.14. The summed E-state index contributed by atoms with van der Waals surface area (Å²) < 4.78 is 16.3. The van der Waals surface area contributed by atoms with Gasteiger partial charge >= 0.3 is 0 Å². The van der Waals surface area contributed by atoms with Crippen LogP contribution in [0.2, 0.25) is 0 Å². The zero-order chi connectivity index (χ0) is 19.2. The van der Waals surface area contributed by atoms with Crippen LogP contribution in [-0.2, 0) is 4.79 Å². The molecule has 0 fully saturated rings. The summed E-state index contributed by atoms with van der Waals surface area (Å²) in [7, 11) is 1.54. The highest BCUT2D eigenvalue weighted by molar-refractivity contribution is 7.80. The molecule has 0 radical (unpaired) electrons. The number of fused-ring (bicyclic) bond motifs is 1. The topological polar surface area (TPSA) is 48.0 Å². The average Bonchev–Trinajstić information content (AvgIpc) is 2.70. The lowest BCUT2D eigenvalue weighted by atomic mass is 10.1. The van der Waals surface area contributed by atoms with E-state index in [0.717, 1.165) is 5.56 Å². The minimum absolute atomic E-state index is 0.151. The van der Waals surface area contributed by atoms with Crippen LogP contribution in [0.5, 0.6) is 17.2 Å². The van der Waals surface area contributed by atoms with Gasteiger partial charge in [-0.1, -0.05) is 36.3 Å². The number of nitrogens with zero attached hydrogens (tertiary/aromatic N) is 1. The molecule has 2 aromatic carbocycles. The molecule has 1 aliphatic rings. The normalized spacial score (nSPS) is 12.9. The second kappa shape index (κ2) is 8.39. The van der Waals surface area contributed by atoms with Crippen molar-refractivity contribution in [2.75, 3.05) is 25.2 Å². The molecule has 0 saturated heterocycles. The number of thiocarbonyl (C=S) groups is 1. The molecule has 27 heavy (non-hydrogen) atoms. The van der Waals surface area contributed by atoms with Crippen molar-refractivity contribution in [3.05, 3.63) is 54.1 Å². The number of hydrogen-bond acceptors (Lipinski definition) is 5. The van der Waals surface area contributed by atoms with E-state index >= 15 is 0 Å². The SMILES string of the molecule is C#CCOc1ccc(C=CC(=O)N2C(=S)COc3ccccc32)cc1OC. The second-order valence-corrected chi connectivity index (χ2v) is 6.03. The first-order valence-electron chi connectivity index (χ1n) is 8.15. The lowest BCUT2D eigenvalue weighted by Crippen LogP contribution is -2.41. The van der Waals surface area contributed by atoms with Crippen LogP contribution in [0.1, 0.15) is 5.56 Å². The molecule has 0 bridgehead atoms. The minimum Gasteiger partial charge on any atom is -0.493 e. The van der Waals surface area contributed by atoms with Gasteiger partial charge in [-0.05, 0) is 35.9 Å². The summed E-state index contributed by atoms with van der Waals surface area (Å²) in [6.07, 6.45) is 8.36. The smallest absolute Gasteiger partial charge is 0.256 e. The maximum absolute atomic E-state index is 12.7. The predicted octanol–water partition coefficient (Wildman–Crippen LogP) is 3.47. The van der Waals surface area contributed by atoms with E-state index in [0.29, 0.717) is 27.9 Å². The van der Waals surface area contributed by atoms with Gasteiger partial charge in [-0.3, -0.25) is 9.69 Å². The Hall–Kier alpha value is -3.30. The van der Waals surface area contributed by atoms with Gasteiger partial charge in [0, 0.05) is 6.08 Å². The van der Waals surface area contributed by atoms with Crippen molar-refractivity contribution in [2.24, 2.45) is 0 Å². The van der Waals surface area contributed by atoms with Crippen molar-refractivity contribution in [1.29, 1.82) is 0 Å². The standard InChI is InChI=1S/C21H17NO4S/c1-3-12-25-18-10-8-15(13-19(18)24-2)9-11-20(23)22-16-6-4-5-7-17(16)26-14-21(22)27/h1,4-11,13H,12,14H2,2H3. The fourth-order valence-corrected chi connectivity index (χ4v) is 2.86. The largest absolute Gasteiger partial charge is 0.493 e. The third-order valence-electron chi connectivity index (χ3n) is 3.84. The number of terminal acetylenes is 1. The van der Waals surface area contributed by atoms with Gasteiger partial charge in [0.05, 0.1) is 12.8 Å². The van der Waals surface area contributed by atoms with Gasteiger partial charge in [0.15, 0.2) is 11.5 Å². The molecule has 5 nitrogen and oxygen atoms in total. The Kier molecular flexibility index (Phi) is 5.74. The number of hydrogen-bond donors (Lipinski definition) is 0. The Morgan fingerprint density at radius 1 is 1.33 bits per heavy atom. The highest BCUT2D eigenvalue weighted by atomic mass is 32.1. The first kappa shape index (κ1) is 18.5. The molecule has 3 rings (SSSR count). The maximum Gasteiger partial charge on any atom is 0.256 e. The number of carbonyl (C=O) groups is 1. The second-order valence-electron chi connectivity index (χ2n) is 5.56. The van der Waals surface area contributed by atoms with Gasteiger partial charge in [0.2, 0.25) is 0 Å². The molecule has 1 heterocycles. The van der Waals surface area contributed by atoms with Crippen LogP contribution in [-0.4, -0.2) is 31.2 Å². The summed E-state index contributed by atoms with van der Waals surface area (Å²) in [5.74, 6) is 3.87. The predicted molar refractivity (Wildman–Crippen MR) is 108 cm³/mol. The van der Waals surface area contributed by atoms with Crippen molar-refractivity contribution < 1.29 is 19.0 Å². The molecule has 0 N–H and O–H groups in total. The van der Waals surface area contributed by atoms with E-state index in [1.165, 1.54) is 11.0 Å². The van der Waals surface area contributed by atoms with Crippen LogP contribution < -0.4 is 19.1 Å². The Morgan fingerprint density at radius 3 is 2.93 bits per heavy atom. The van der Waals surface area contributed by atoms with E-state index < -0.39 is 0 Å². The summed E-state index contributed by atoms with van der Waals surface area (Å²) in [6.45, 7) is 0.346. The van der Waals surface area contributed by atoms with Crippen LogP contribution in [0, 0.1) is 12.3 Å². The van der Waals surface area contributed by atoms with Gasteiger partial charge in [0.1, 0.15) is 24.0 Å². The minimum atomic E-state index is -0.248. The van der Waals surface area contributed by atoms with Crippen LogP contribution >= 0.6 is 12.2 Å². The van der Waals surface area contributed by atoms with Crippen LogP contribution in [0.3, 0.4) is 0 Å². The number of ether oxygens (including phenoxy) is 3. The van der Waals surface area contributed by atoms with Crippen molar-refractivity contribution in [3.63, 3.8) is 0 Å². The number of amides is 1. The summed E-state index contributed by atoms with van der Waals surface area (Å²) in [5, 5.41) is 0. The van der Waals surface area contributed by atoms with E-state index in [1.807, 2.05) is 18.2 Å². The first-order chi connectivity index (χ1) is 13.1. The number of para-hydroxylation sites is 2. The van der Waals surface area contributed by atoms with Gasteiger partial charge in [-0.25, -0.2) is 0 Å². The molecule has 2 aromatic rings. The Bertz CT molecular complexity index is 945. The number of anilines is 1. The molecule has 1 aliphatic heterocycles. The van der Waals surface area contributed by atoms with Gasteiger partial charge in [-0.15, -0.1) is 6.42 Å². The zero-order valence-corrected chi connectivity index (χ0v) is 15.5. The van der Waals surface area contributed by atoms with E-state index in [2.05, 4.69) is 5.92 Å². The van der Waals surface area contributed by atoms with Gasteiger partial charge in [0.25, 0.3) is 5.91 Å². The molecule has 136 valence electrons. The highest BCUT2D eigenvalue weighted by Gasteiger charge is 2.26. The Labute approximate surface area is 163 Å². The third kappa shape index (κ3) is 4.10. The van der Waals surface area contributed by atoms with E-state index in [-0.39, 0.29) is 19.1 Å². The van der Waals surface area contributed by atoms with Crippen molar-refractivity contribution in [2.45, 2.75) is 0 Å². The molecular formula is C21H17NO4S. The fourth-order valence-electron chi connectivity index (χ4n) is 2.61. The summed E-state index contributed by atoms with van der Waals surface area (Å²) in [5.41, 5.74) is 1.42.